The minimum Gasteiger partial charge on any atom is -0.468 e. The molecule has 1 fully saturated rings. The highest BCUT2D eigenvalue weighted by Gasteiger charge is 2.42. The molecule has 1 rings (SSSR count). The second kappa shape index (κ2) is 7.24. The summed E-state index contributed by atoms with van der Waals surface area (Å²) in [5, 5.41) is 6.80. The van der Waals surface area contributed by atoms with Crippen molar-refractivity contribution in [1.29, 1.82) is 0 Å². The molecule has 0 aromatic heterocycles. The number of carbonyl (C=O) groups is 1. The maximum atomic E-state index is 12.0. The maximum absolute atomic E-state index is 12.0. The van der Waals surface area contributed by atoms with Crippen molar-refractivity contribution >= 4 is 5.97 Å². The van der Waals surface area contributed by atoms with Gasteiger partial charge in [-0.05, 0) is 37.3 Å². The van der Waals surface area contributed by atoms with Gasteiger partial charge in [0.05, 0.1) is 7.11 Å². The van der Waals surface area contributed by atoms with Crippen LogP contribution in [-0.4, -0.2) is 31.7 Å². The summed E-state index contributed by atoms with van der Waals surface area (Å²) in [4.78, 5) is 14.7. The molecule has 0 aromatic carbocycles. The maximum Gasteiger partial charge on any atom is 0.326 e. The Morgan fingerprint density at radius 1 is 1.67 bits per heavy atom. The minimum atomic E-state index is -0.539. The highest BCUT2D eigenvalue weighted by molar-refractivity contribution is 5.80. The lowest BCUT2D eigenvalue weighted by Crippen LogP contribution is -2.55. The zero-order chi connectivity index (χ0) is 13.4. The van der Waals surface area contributed by atoms with Crippen LogP contribution in [0.3, 0.4) is 0 Å². The van der Waals surface area contributed by atoms with Crippen molar-refractivity contribution in [1.82, 2.24) is 5.32 Å². The van der Waals surface area contributed by atoms with E-state index in [1.807, 2.05) is 0 Å². The van der Waals surface area contributed by atoms with Crippen molar-refractivity contribution in [2.75, 3.05) is 20.2 Å². The van der Waals surface area contributed by atoms with Crippen LogP contribution in [0, 0.1) is 5.92 Å². The lowest BCUT2D eigenvalue weighted by Gasteiger charge is -2.38. The number of ether oxygens (including phenoxy) is 1. The van der Waals surface area contributed by atoms with Crippen LogP contribution in [0.1, 0.15) is 39.0 Å². The molecule has 0 aliphatic heterocycles. The Balaban J connectivity index is 2.55. The van der Waals surface area contributed by atoms with Crippen molar-refractivity contribution in [2.45, 2.75) is 44.6 Å². The summed E-state index contributed by atoms with van der Waals surface area (Å²) >= 11 is 0. The Morgan fingerprint density at radius 2 is 2.44 bits per heavy atom. The molecule has 0 heterocycles. The summed E-state index contributed by atoms with van der Waals surface area (Å²) in [6.07, 6.45) is 4.59. The molecule has 1 aliphatic carbocycles. The predicted molar refractivity (Wildman–Crippen MR) is 69.0 cm³/mol. The van der Waals surface area contributed by atoms with Crippen LogP contribution in [0.4, 0.5) is 0 Å². The zero-order valence-corrected chi connectivity index (χ0v) is 11.2. The second-order valence-corrected chi connectivity index (χ2v) is 5.01. The lowest BCUT2D eigenvalue weighted by molar-refractivity contribution is -0.151. The van der Waals surface area contributed by atoms with E-state index in [2.05, 4.69) is 22.3 Å². The molecule has 102 valence electrons. The lowest BCUT2D eigenvalue weighted by atomic mass is 9.76. The molecule has 18 heavy (non-hydrogen) atoms. The van der Waals surface area contributed by atoms with Gasteiger partial charge in [0.15, 0.2) is 0 Å². The van der Waals surface area contributed by atoms with E-state index >= 15 is 0 Å². The highest BCUT2D eigenvalue weighted by Crippen LogP contribution is 2.33. The van der Waals surface area contributed by atoms with Crippen molar-refractivity contribution in [2.24, 2.45) is 11.0 Å². The van der Waals surface area contributed by atoms with Gasteiger partial charge in [-0.25, -0.2) is 0 Å². The van der Waals surface area contributed by atoms with Crippen LogP contribution in [-0.2, 0) is 9.53 Å². The van der Waals surface area contributed by atoms with Crippen molar-refractivity contribution in [3.05, 3.63) is 10.4 Å². The third-order valence-electron chi connectivity index (χ3n) is 3.54. The van der Waals surface area contributed by atoms with Crippen LogP contribution >= 0.6 is 0 Å². The molecule has 0 amide bonds. The van der Waals surface area contributed by atoms with Crippen molar-refractivity contribution in [3.8, 4) is 0 Å². The topological polar surface area (TPSA) is 87.1 Å². The first kappa shape index (κ1) is 14.8. The summed E-state index contributed by atoms with van der Waals surface area (Å²) in [5.41, 5.74) is 7.65. The Bertz CT molecular complexity index is 328. The number of carbonyl (C=O) groups excluding carboxylic acids is 1. The summed E-state index contributed by atoms with van der Waals surface area (Å²) in [5.74, 6) is 0.361. The number of rotatable bonds is 6. The Labute approximate surface area is 108 Å². The largest absolute Gasteiger partial charge is 0.468 e. The van der Waals surface area contributed by atoms with Gasteiger partial charge in [-0.3, -0.25) is 4.79 Å². The van der Waals surface area contributed by atoms with Gasteiger partial charge >= 0.3 is 5.97 Å². The molecular weight excluding hydrogens is 232 g/mol. The molecule has 1 saturated carbocycles. The number of nitrogens with zero attached hydrogens (tertiary/aromatic N) is 3. The van der Waals surface area contributed by atoms with Crippen molar-refractivity contribution in [3.63, 3.8) is 0 Å². The molecule has 0 radical (unpaired) electrons. The normalized spacial score (nSPS) is 27.3. The first-order valence-electron chi connectivity index (χ1n) is 6.49. The SMILES string of the molecule is COC(=O)C1(NCCCN=[N+]=[N-])CCCC(C)C1. The van der Waals surface area contributed by atoms with E-state index in [4.69, 9.17) is 10.3 Å². The number of nitrogens with one attached hydrogen (secondary N) is 1. The number of methoxy groups -OCH3 is 1. The van der Waals surface area contributed by atoms with Gasteiger partial charge < -0.3 is 10.1 Å². The van der Waals surface area contributed by atoms with Gasteiger partial charge in [0, 0.05) is 11.5 Å². The van der Waals surface area contributed by atoms with Gasteiger partial charge in [-0.15, -0.1) is 0 Å². The molecule has 1 N–H and O–H groups in total. The molecule has 0 aromatic rings. The van der Waals surface area contributed by atoms with Gasteiger partial charge in [0.2, 0.25) is 0 Å². The molecule has 2 atom stereocenters. The monoisotopic (exact) mass is 254 g/mol. The fraction of sp³-hybridized carbons (Fsp3) is 0.917. The highest BCUT2D eigenvalue weighted by atomic mass is 16.5. The first-order chi connectivity index (χ1) is 8.64. The van der Waals surface area contributed by atoms with E-state index in [1.54, 1.807) is 0 Å². The predicted octanol–water partition coefficient (Wildman–Crippen LogP) is 2.40. The van der Waals surface area contributed by atoms with E-state index in [-0.39, 0.29) is 5.97 Å². The molecule has 1 aliphatic rings. The van der Waals surface area contributed by atoms with E-state index in [0.717, 1.165) is 25.7 Å². The zero-order valence-electron chi connectivity index (χ0n) is 11.2. The summed E-state index contributed by atoms with van der Waals surface area (Å²) in [7, 11) is 1.44. The van der Waals surface area contributed by atoms with Crippen molar-refractivity contribution < 1.29 is 9.53 Å². The summed E-state index contributed by atoms with van der Waals surface area (Å²) in [6, 6.07) is 0. The Kier molecular flexibility index (Phi) is 5.95. The average Bonchev–Trinajstić information content (AvgIpc) is 2.37. The number of azide groups is 1. The molecule has 2 unspecified atom stereocenters. The number of hydrogen-bond acceptors (Lipinski definition) is 4. The second-order valence-electron chi connectivity index (χ2n) is 5.01. The number of hydrogen-bond donors (Lipinski definition) is 1. The van der Waals surface area contributed by atoms with E-state index in [9.17, 15) is 4.79 Å². The smallest absolute Gasteiger partial charge is 0.326 e. The standard InChI is InChI=1S/C12H22N4O2/c1-10-5-3-6-12(9-10,11(17)18-2)14-7-4-8-15-16-13/h10,14H,3-9H2,1-2H3. The van der Waals surface area contributed by atoms with Gasteiger partial charge in [0.1, 0.15) is 5.54 Å². The van der Waals surface area contributed by atoms with Crippen LogP contribution < -0.4 is 5.32 Å². The molecule has 6 nitrogen and oxygen atoms in total. The third kappa shape index (κ3) is 3.89. The minimum absolute atomic E-state index is 0.169. The van der Waals surface area contributed by atoms with Gasteiger partial charge in [-0.1, -0.05) is 24.9 Å². The van der Waals surface area contributed by atoms with Gasteiger partial charge in [-0.2, -0.15) is 0 Å². The van der Waals surface area contributed by atoms with E-state index < -0.39 is 5.54 Å². The fourth-order valence-corrected chi connectivity index (χ4v) is 2.69. The summed E-state index contributed by atoms with van der Waals surface area (Å²) in [6.45, 7) is 3.29. The fourth-order valence-electron chi connectivity index (χ4n) is 2.69. The van der Waals surface area contributed by atoms with Crippen LogP contribution in [0.2, 0.25) is 0 Å². The van der Waals surface area contributed by atoms with Crippen LogP contribution in [0.5, 0.6) is 0 Å². The molecule has 0 spiro atoms. The molecule has 6 heteroatoms. The van der Waals surface area contributed by atoms with E-state index in [0.29, 0.717) is 19.0 Å². The average molecular weight is 254 g/mol. The number of esters is 1. The first-order valence-corrected chi connectivity index (χ1v) is 6.49. The molecular formula is C12H22N4O2. The van der Waals surface area contributed by atoms with Crippen LogP contribution in [0.25, 0.3) is 10.4 Å². The molecule has 0 saturated heterocycles. The molecule has 0 bridgehead atoms. The Morgan fingerprint density at radius 3 is 3.06 bits per heavy atom. The van der Waals surface area contributed by atoms with Gasteiger partial charge in [0.25, 0.3) is 0 Å². The quantitative estimate of drug-likeness (QED) is 0.259. The third-order valence-corrected chi connectivity index (χ3v) is 3.54. The Hall–Kier alpha value is -1.26. The van der Waals surface area contributed by atoms with Crippen LogP contribution in [0.15, 0.2) is 5.11 Å². The summed E-state index contributed by atoms with van der Waals surface area (Å²) < 4.78 is 4.94. The van der Waals surface area contributed by atoms with E-state index in [1.165, 1.54) is 13.5 Å².